The Balaban J connectivity index is 1.34. The molecule has 0 bridgehead atoms. The van der Waals surface area contributed by atoms with Gasteiger partial charge in [0.15, 0.2) is 5.96 Å². The Morgan fingerprint density at radius 2 is 2.11 bits per heavy atom. The second-order valence-electron chi connectivity index (χ2n) is 8.28. The van der Waals surface area contributed by atoms with Crippen molar-refractivity contribution in [3.63, 3.8) is 0 Å². The number of fused-ring (bicyclic) bond motifs is 3. The van der Waals surface area contributed by atoms with Gasteiger partial charge in [-0.1, -0.05) is 37.6 Å². The van der Waals surface area contributed by atoms with Gasteiger partial charge in [0.1, 0.15) is 0 Å². The first-order valence-corrected chi connectivity index (χ1v) is 12.1. The molecule has 1 aromatic rings. The van der Waals surface area contributed by atoms with Gasteiger partial charge >= 0.3 is 0 Å². The van der Waals surface area contributed by atoms with Crippen molar-refractivity contribution < 1.29 is 4.21 Å². The van der Waals surface area contributed by atoms with E-state index in [2.05, 4.69) is 41.8 Å². The number of nitrogens with one attached hydrogen (secondary N) is 2. The van der Waals surface area contributed by atoms with Crippen LogP contribution in [0.5, 0.6) is 0 Å². The van der Waals surface area contributed by atoms with Crippen molar-refractivity contribution >= 4 is 16.8 Å². The van der Waals surface area contributed by atoms with Crippen molar-refractivity contribution in [3.8, 4) is 0 Å². The number of guanidine groups is 1. The van der Waals surface area contributed by atoms with Crippen LogP contribution in [0.1, 0.15) is 56.6 Å². The molecule has 0 aliphatic heterocycles. The lowest BCUT2D eigenvalue weighted by molar-refractivity contribution is 0.413. The third-order valence-corrected chi connectivity index (χ3v) is 8.37. The molecular weight excluding hydrogens is 354 g/mol. The molecule has 27 heavy (non-hydrogen) atoms. The zero-order chi connectivity index (χ0) is 18.8. The van der Waals surface area contributed by atoms with Crippen LogP contribution in [0.25, 0.3) is 0 Å². The Kier molecular flexibility index (Phi) is 5.86. The van der Waals surface area contributed by atoms with Gasteiger partial charge < -0.3 is 10.6 Å². The van der Waals surface area contributed by atoms with Gasteiger partial charge in [0, 0.05) is 40.9 Å². The summed E-state index contributed by atoms with van der Waals surface area (Å²) < 4.78 is 12.2. The fourth-order valence-corrected chi connectivity index (χ4v) is 6.54. The zero-order valence-corrected chi connectivity index (χ0v) is 17.4. The molecule has 0 heterocycles. The van der Waals surface area contributed by atoms with Gasteiger partial charge in [-0.25, -0.2) is 0 Å². The minimum absolute atomic E-state index is 0.350. The van der Waals surface area contributed by atoms with Crippen LogP contribution in [0.4, 0.5) is 0 Å². The lowest BCUT2D eigenvalue weighted by Crippen LogP contribution is -2.46. The van der Waals surface area contributed by atoms with E-state index in [1.165, 1.54) is 6.42 Å². The fraction of sp³-hybridized carbons (Fsp3) is 0.682. The van der Waals surface area contributed by atoms with E-state index in [1.54, 1.807) is 11.1 Å². The van der Waals surface area contributed by atoms with E-state index in [4.69, 9.17) is 4.99 Å². The van der Waals surface area contributed by atoms with Crippen molar-refractivity contribution in [2.45, 2.75) is 63.2 Å². The predicted octanol–water partition coefficient (Wildman–Crippen LogP) is 3.21. The Morgan fingerprint density at radius 1 is 1.26 bits per heavy atom. The zero-order valence-electron chi connectivity index (χ0n) is 16.6. The highest BCUT2D eigenvalue weighted by molar-refractivity contribution is 7.85. The van der Waals surface area contributed by atoms with Gasteiger partial charge in [-0.2, -0.15) is 0 Å². The third kappa shape index (κ3) is 4.08. The number of aliphatic imine (C=N–C) groups is 1. The largest absolute Gasteiger partial charge is 0.357 e. The summed E-state index contributed by atoms with van der Waals surface area (Å²) in [6.07, 6.45) is 5.67. The lowest BCUT2D eigenvalue weighted by Gasteiger charge is -2.30. The number of hydrogen-bond donors (Lipinski definition) is 2. The molecule has 0 aromatic heterocycles. The standard InChI is InChI=1S/C22H33N3OS/c1-3-23-22(25-16-9-7-10-17(13-16)27(26)4-2)24-14-20-19-12-15-8-5-6-11-18(15)21(19)20/h5-6,8,11,16-17,19-21H,3-4,7,9-10,12-14H2,1-2H3,(H2,23,24,25). The first kappa shape index (κ1) is 19.0. The molecule has 4 rings (SSSR count). The van der Waals surface area contributed by atoms with E-state index in [0.717, 1.165) is 62.3 Å². The molecule has 4 nitrogen and oxygen atoms in total. The summed E-state index contributed by atoms with van der Waals surface area (Å²) in [6, 6.07) is 9.32. The minimum Gasteiger partial charge on any atom is -0.357 e. The molecule has 148 valence electrons. The molecule has 0 saturated heterocycles. The molecule has 2 saturated carbocycles. The van der Waals surface area contributed by atoms with Crippen molar-refractivity contribution in [2.75, 3.05) is 18.8 Å². The normalized spacial score (nSPS) is 33.1. The van der Waals surface area contributed by atoms with E-state index in [-0.39, 0.29) is 0 Å². The van der Waals surface area contributed by atoms with Gasteiger partial charge in [-0.15, -0.1) is 0 Å². The van der Waals surface area contributed by atoms with Crippen molar-refractivity contribution in [2.24, 2.45) is 16.8 Å². The summed E-state index contributed by atoms with van der Waals surface area (Å²) in [7, 11) is -0.678. The van der Waals surface area contributed by atoms with Crippen molar-refractivity contribution in [3.05, 3.63) is 35.4 Å². The van der Waals surface area contributed by atoms with E-state index >= 15 is 0 Å². The highest BCUT2D eigenvalue weighted by Crippen LogP contribution is 2.61. The molecule has 2 fully saturated rings. The Labute approximate surface area is 166 Å². The van der Waals surface area contributed by atoms with Gasteiger partial charge in [-0.3, -0.25) is 9.20 Å². The van der Waals surface area contributed by atoms with Crippen LogP contribution in [0.2, 0.25) is 0 Å². The number of rotatable bonds is 6. The quantitative estimate of drug-likeness (QED) is 0.582. The van der Waals surface area contributed by atoms with Crippen LogP contribution >= 0.6 is 0 Å². The predicted molar refractivity (Wildman–Crippen MR) is 114 cm³/mol. The molecule has 3 aliphatic rings. The van der Waals surface area contributed by atoms with E-state index in [9.17, 15) is 4.21 Å². The Hall–Kier alpha value is -1.36. The van der Waals surface area contributed by atoms with E-state index in [0.29, 0.717) is 17.2 Å². The maximum Gasteiger partial charge on any atom is 0.191 e. The van der Waals surface area contributed by atoms with Crippen LogP contribution in [0.15, 0.2) is 29.3 Å². The van der Waals surface area contributed by atoms with Gasteiger partial charge in [0.05, 0.1) is 0 Å². The molecule has 3 aliphatic carbocycles. The fourth-order valence-electron chi connectivity index (χ4n) is 5.19. The lowest BCUT2D eigenvalue weighted by atomic mass is 9.95. The van der Waals surface area contributed by atoms with Crippen LogP contribution in [-0.2, 0) is 17.2 Å². The van der Waals surface area contributed by atoms with E-state index in [1.807, 2.05) is 6.92 Å². The summed E-state index contributed by atoms with van der Waals surface area (Å²) in [5.74, 6) is 3.97. The molecule has 2 N–H and O–H groups in total. The maximum absolute atomic E-state index is 12.2. The molecule has 6 unspecified atom stereocenters. The SMILES string of the molecule is CCNC(=NCC1C2Cc3ccccc3C12)NC1CCCC(S(=O)CC)C1. The molecule has 1 aromatic carbocycles. The average molecular weight is 388 g/mol. The second kappa shape index (κ2) is 8.34. The second-order valence-corrected chi connectivity index (χ2v) is 10.3. The Morgan fingerprint density at radius 3 is 2.93 bits per heavy atom. The summed E-state index contributed by atoms with van der Waals surface area (Å²) in [5, 5.41) is 7.41. The molecular formula is C22H33N3OS. The highest BCUT2D eigenvalue weighted by atomic mass is 32.2. The average Bonchev–Trinajstić information content (AvgIpc) is 3.23. The van der Waals surface area contributed by atoms with Gasteiger partial charge in [0.25, 0.3) is 0 Å². The van der Waals surface area contributed by atoms with Crippen LogP contribution in [0.3, 0.4) is 0 Å². The maximum atomic E-state index is 12.2. The molecule has 5 heteroatoms. The minimum atomic E-state index is -0.678. The van der Waals surface area contributed by atoms with E-state index < -0.39 is 10.8 Å². The Bertz CT molecular complexity index is 719. The van der Waals surface area contributed by atoms with Gasteiger partial charge in [-0.05, 0) is 61.5 Å². The van der Waals surface area contributed by atoms with Crippen LogP contribution in [0, 0.1) is 11.8 Å². The number of nitrogens with zero attached hydrogens (tertiary/aromatic N) is 1. The molecule has 0 radical (unpaired) electrons. The summed E-state index contributed by atoms with van der Waals surface area (Å²) in [5.41, 5.74) is 3.12. The number of benzene rings is 1. The number of hydrogen-bond acceptors (Lipinski definition) is 2. The molecule has 0 amide bonds. The topological polar surface area (TPSA) is 53.5 Å². The smallest absolute Gasteiger partial charge is 0.191 e. The highest BCUT2D eigenvalue weighted by Gasteiger charge is 2.54. The third-order valence-electron chi connectivity index (χ3n) is 6.63. The summed E-state index contributed by atoms with van der Waals surface area (Å²) >= 11 is 0. The van der Waals surface area contributed by atoms with Crippen LogP contribution in [-0.4, -0.2) is 40.3 Å². The first-order chi connectivity index (χ1) is 13.2. The van der Waals surface area contributed by atoms with Crippen LogP contribution < -0.4 is 10.6 Å². The first-order valence-electron chi connectivity index (χ1n) is 10.7. The van der Waals surface area contributed by atoms with Crippen molar-refractivity contribution in [1.29, 1.82) is 0 Å². The molecule has 0 spiro atoms. The van der Waals surface area contributed by atoms with Gasteiger partial charge in [0.2, 0.25) is 0 Å². The molecule has 6 atom stereocenters. The summed E-state index contributed by atoms with van der Waals surface area (Å²) in [4.78, 5) is 4.93. The monoisotopic (exact) mass is 387 g/mol. The summed E-state index contributed by atoms with van der Waals surface area (Å²) in [6.45, 7) is 5.94. The van der Waals surface area contributed by atoms with Crippen molar-refractivity contribution in [1.82, 2.24) is 10.6 Å².